The Morgan fingerprint density at radius 2 is 2.00 bits per heavy atom. The van der Waals surface area contributed by atoms with Gasteiger partial charge in [0.2, 0.25) is 0 Å². The van der Waals surface area contributed by atoms with Crippen molar-refractivity contribution in [3.63, 3.8) is 0 Å². The normalized spacial score (nSPS) is 8.73. The maximum Gasteiger partial charge on any atom is 0.100 e. The molecular formula is C9H5BrN. The highest BCUT2D eigenvalue weighted by atomic mass is 79.9. The fraction of sp³-hybridized carbons (Fsp3) is 0. The predicted octanol–water partition coefficient (Wildman–Crippen LogP) is 2.66. The molecular weight excluding hydrogens is 202 g/mol. The maximum absolute atomic E-state index is 8.61. The Morgan fingerprint density at radius 3 is 2.55 bits per heavy atom. The van der Waals surface area contributed by atoms with Gasteiger partial charge in [-0.05, 0) is 33.6 Å². The highest BCUT2D eigenvalue weighted by Crippen LogP contribution is 2.20. The van der Waals surface area contributed by atoms with E-state index >= 15 is 0 Å². The van der Waals surface area contributed by atoms with Crippen LogP contribution in [0.5, 0.6) is 0 Å². The SMILES string of the molecule is C=[C]c1cccc(C#N)c1Br. The van der Waals surface area contributed by atoms with Gasteiger partial charge in [0.1, 0.15) is 6.07 Å². The van der Waals surface area contributed by atoms with Gasteiger partial charge in [-0.3, -0.25) is 0 Å². The summed E-state index contributed by atoms with van der Waals surface area (Å²) >= 11 is 3.28. The molecule has 0 saturated carbocycles. The highest BCUT2D eigenvalue weighted by Gasteiger charge is 2.00. The maximum atomic E-state index is 8.61. The number of benzene rings is 1. The predicted molar refractivity (Wildman–Crippen MR) is 46.8 cm³/mol. The zero-order valence-electron chi connectivity index (χ0n) is 5.76. The molecule has 0 spiro atoms. The average Bonchev–Trinajstić information content (AvgIpc) is 2.05. The smallest absolute Gasteiger partial charge is 0.100 e. The van der Waals surface area contributed by atoms with Gasteiger partial charge in [-0.1, -0.05) is 18.7 Å². The molecule has 0 amide bonds. The highest BCUT2D eigenvalue weighted by molar-refractivity contribution is 9.10. The molecule has 0 atom stereocenters. The largest absolute Gasteiger partial charge is 0.192 e. The zero-order valence-corrected chi connectivity index (χ0v) is 7.35. The lowest BCUT2D eigenvalue weighted by Crippen LogP contribution is -1.81. The quantitative estimate of drug-likeness (QED) is 0.694. The van der Waals surface area contributed by atoms with Crippen LogP contribution >= 0.6 is 15.9 Å². The zero-order chi connectivity index (χ0) is 8.27. The van der Waals surface area contributed by atoms with Gasteiger partial charge < -0.3 is 0 Å². The minimum atomic E-state index is 0.610. The topological polar surface area (TPSA) is 23.8 Å². The van der Waals surface area contributed by atoms with Crippen LogP contribution in [0.3, 0.4) is 0 Å². The van der Waals surface area contributed by atoms with Gasteiger partial charge in [0, 0.05) is 4.47 Å². The van der Waals surface area contributed by atoms with Crippen molar-refractivity contribution in [2.75, 3.05) is 0 Å². The van der Waals surface area contributed by atoms with E-state index in [1.54, 1.807) is 12.1 Å². The number of nitriles is 1. The van der Waals surface area contributed by atoms with E-state index in [2.05, 4.69) is 34.7 Å². The molecule has 1 aromatic carbocycles. The lowest BCUT2D eigenvalue weighted by molar-refractivity contribution is 1.43. The third-order valence-electron chi connectivity index (χ3n) is 1.31. The minimum absolute atomic E-state index is 0.610. The van der Waals surface area contributed by atoms with Crippen molar-refractivity contribution in [2.24, 2.45) is 0 Å². The minimum Gasteiger partial charge on any atom is -0.192 e. The van der Waals surface area contributed by atoms with E-state index in [0.29, 0.717) is 5.56 Å². The Hall–Kier alpha value is -1.07. The van der Waals surface area contributed by atoms with Gasteiger partial charge in [0.15, 0.2) is 0 Å². The first-order chi connectivity index (χ1) is 5.29. The molecule has 1 aromatic rings. The van der Waals surface area contributed by atoms with Gasteiger partial charge >= 0.3 is 0 Å². The summed E-state index contributed by atoms with van der Waals surface area (Å²) in [5.74, 6) is 0. The molecule has 0 N–H and O–H groups in total. The van der Waals surface area contributed by atoms with Crippen LogP contribution in [0.4, 0.5) is 0 Å². The standard InChI is InChI=1S/C9H5BrN/c1-2-7-4-3-5-8(6-11)9(7)10/h3-5H,1H2. The molecule has 2 heteroatoms. The average molecular weight is 207 g/mol. The van der Waals surface area contributed by atoms with Crippen molar-refractivity contribution < 1.29 is 0 Å². The summed E-state index contributed by atoms with van der Waals surface area (Å²) in [6.45, 7) is 3.50. The van der Waals surface area contributed by atoms with Crippen LogP contribution in [0.25, 0.3) is 0 Å². The van der Waals surface area contributed by atoms with E-state index in [1.165, 1.54) is 0 Å². The molecule has 1 radical (unpaired) electrons. The van der Waals surface area contributed by atoms with Crippen LogP contribution in [-0.2, 0) is 0 Å². The van der Waals surface area contributed by atoms with Crippen molar-refractivity contribution in [1.29, 1.82) is 5.26 Å². The van der Waals surface area contributed by atoms with Crippen LogP contribution in [0, 0.1) is 17.4 Å². The van der Waals surface area contributed by atoms with Crippen LogP contribution in [-0.4, -0.2) is 0 Å². The van der Waals surface area contributed by atoms with Crippen LogP contribution in [0.15, 0.2) is 29.3 Å². The van der Waals surface area contributed by atoms with Crippen molar-refractivity contribution >= 4 is 15.9 Å². The molecule has 53 valence electrons. The lowest BCUT2D eigenvalue weighted by atomic mass is 10.1. The summed E-state index contributed by atoms with van der Waals surface area (Å²) in [6.07, 6.45) is 2.72. The van der Waals surface area contributed by atoms with Gasteiger partial charge in [-0.25, -0.2) is 0 Å². The molecule has 0 unspecified atom stereocenters. The van der Waals surface area contributed by atoms with Crippen molar-refractivity contribution in [3.8, 4) is 6.07 Å². The molecule has 0 aliphatic carbocycles. The van der Waals surface area contributed by atoms with E-state index in [4.69, 9.17) is 5.26 Å². The monoisotopic (exact) mass is 206 g/mol. The van der Waals surface area contributed by atoms with Gasteiger partial charge in [0.25, 0.3) is 0 Å². The Bertz CT molecular complexity index is 323. The summed E-state index contributed by atoms with van der Waals surface area (Å²) in [4.78, 5) is 0. The van der Waals surface area contributed by atoms with E-state index in [1.807, 2.05) is 6.07 Å². The van der Waals surface area contributed by atoms with Crippen LogP contribution < -0.4 is 0 Å². The first kappa shape index (κ1) is 8.03. The third-order valence-corrected chi connectivity index (χ3v) is 2.16. The lowest BCUT2D eigenvalue weighted by Gasteiger charge is -1.97. The molecule has 11 heavy (non-hydrogen) atoms. The number of hydrogen-bond acceptors (Lipinski definition) is 1. The van der Waals surface area contributed by atoms with E-state index in [0.717, 1.165) is 10.0 Å². The summed E-state index contributed by atoms with van der Waals surface area (Å²) in [6, 6.07) is 7.44. The van der Waals surface area contributed by atoms with Crippen LogP contribution in [0.2, 0.25) is 0 Å². The van der Waals surface area contributed by atoms with Crippen molar-refractivity contribution in [2.45, 2.75) is 0 Å². The Morgan fingerprint density at radius 1 is 1.36 bits per heavy atom. The van der Waals surface area contributed by atoms with Crippen molar-refractivity contribution in [3.05, 3.63) is 46.5 Å². The number of hydrogen-bond donors (Lipinski definition) is 0. The van der Waals surface area contributed by atoms with Gasteiger partial charge in [0.05, 0.1) is 5.56 Å². The summed E-state index contributed by atoms with van der Waals surface area (Å²) in [5.41, 5.74) is 1.43. The van der Waals surface area contributed by atoms with Gasteiger partial charge in [-0.2, -0.15) is 5.26 Å². The molecule has 0 aromatic heterocycles. The Labute approximate surface area is 74.1 Å². The summed E-state index contributed by atoms with van der Waals surface area (Å²) in [7, 11) is 0. The van der Waals surface area contributed by atoms with E-state index < -0.39 is 0 Å². The molecule has 0 heterocycles. The molecule has 0 fully saturated rings. The molecule has 1 nitrogen and oxygen atoms in total. The van der Waals surface area contributed by atoms with Gasteiger partial charge in [-0.15, -0.1) is 0 Å². The van der Waals surface area contributed by atoms with Crippen LogP contribution in [0.1, 0.15) is 11.1 Å². The number of halogens is 1. The summed E-state index contributed by atoms with van der Waals surface area (Å²) < 4.78 is 0.762. The second-order valence-corrected chi connectivity index (χ2v) is 2.75. The summed E-state index contributed by atoms with van der Waals surface area (Å²) in [5, 5.41) is 8.61. The third kappa shape index (κ3) is 1.50. The molecule has 0 saturated heterocycles. The Kier molecular flexibility index (Phi) is 2.45. The molecule has 1 rings (SSSR count). The van der Waals surface area contributed by atoms with E-state index in [-0.39, 0.29) is 0 Å². The number of nitrogens with zero attached hydrogens (tertiary/aromatic N) is 1. The fourth-order valence-corrected chi connectivity index (χ4v) is 1.25. The first-order valence-electron chi connectivity index (χ1n) is 3.01. The molecule has 0 bridgehead atoms. The molecule has 0 aliphatic heterocycles. The second-order valence-electron chi connectivity index (χ2n) is 1.96. The Balaban J connectivity index is 3.34. The van der Waals surface area contributed by atoms with E-state index in [9.17, 15) is 0 Å². The first-order valence-corrected chi connectivity index (χ1v) is 3.80. The molecule has 0 aliphatic rings. The second kappa shape index (κ2) is 3.36. The fourth-order valence-electron chi connectivity index (χ4n) is 0.755. The van der Waals surface area contributed by atoms with Crippen molar-refractivity contribution in [1.82, 2.24) is 0 Å². The number of rotatable bonds is 1.